The number of H-pyrrole nitrogens is 1. The minimum absolute atomic E-state index is 0.0289. The second-order valence-electron chi connectivity index (χ2n) is 8.16. The topological polar surface area (TPSA) is 103 Å². The first-order valence-corrected chi connectivity index (χ1v) is 10.7. The predicted molar refractivity (Wildman–Crippen MR) is 119 cm³/mol. The molecule has 0 bridgehead atoms. The van der Waals surface area contributed by atoms with E-state index < -0.39 is 18.1 Å². The van der Waals surface area contributed by atoms with Gasteiger partial charge in [0, 0.05) is 19.2 Å². The number of halogens is 1. The monoisotopic (exact) mass is 450 g/mol. The van der Waals surface area contributed by atoms with Gasteiger partial charge in [-0.2, -0.15) is 0 Å². The van der Waals surface area contributed by atoms with Crippen molar-refractivity contribution < 1.29 is 18.7 Å². The van der Waals surface area contributed by atoms with Crippen LogP contribution >= 0.6 is 0 Å². The van der Waals surface area contributed by atoms with E-state index in [1.54, 1.807) is 19.2 Å². The Hall–Kier alpha value is -3.95. The van der Waals surface area contributed by atoms with Gasteiger partial charge >= 0.3 is 0 Å². The van der Waals surface area contributed by atoms with Crippen LogP contribution in [0.4, 0.5) is 15.8 Å². The van der Waals surface area contributed by atoms with Crippen molar-refractivity contribution in [2.45, 2.75) is 18.6 Å². The molecule has 1 unspecified atom stereocenters. The molecule has 2 aliphatic heterocycles. The van der Waals surface area contributed by atoms with E-state index in [2.05, 4.69) is 20.5 Å². The Balaban J connectivity index is 1.26. The molecule has 33 heavy (non-hydrogen) atoms. The molecule has 0 aliphatic carbocycles. The number of nitrogens with zero attached hydrogens (tertiary/aromatic N) is 4. The van der Waals surface area contributed by atoms with Crippen LogP contribution < -0.4 is 19.9 Å². The Labute approximate surface area is 189 Å². The van der Waals surface area contributed by atoms with Crippen LogP contribution in [-0.2, 0) is 11.2 Å². The number of rotatable bonds is 5. The molecule has 2 aromatic carbocycles. The fourth-order valence-corrected chi connectivity index (χ4v) is 3.91. The maximum atomic E-state index is 13.2. The summed E-state index contributed by atoms with van der Waals surface area (Å²) < 4.78 is 19.0. The van der Waals surface area contributed by atoms with Gasteiger partial charge in [0.1, 0.15) is 30.4 Å². The van der Waals surface area contributed by atoms with Gasteiger partial charge in [-0.25, -0.2) is 9.37 Å². The smallest absolute Gasteiger partial charge is 0.291 e. The van der Waals surface area contributed by atoms with Crippen LogP contribution in [0.2, 0.25) is 0 Å². The molecule has 5 rings (SSSR count). The summed E-state index contributed by atoms with van der Waals surface area (Å²) in [4.78, 5) is 33.3. The molecule has 2 N–H and O–H groups in total. The maximum absolute atomic E-state index is 13.2. The van der Waals surface area contributed by atoms with Gasteiger partial charge in [-0.1, -0.05) is 30.3 Å². The summed E-state index contributed by atoms with van der Waals surface area (Å²) in [7, 11) is 1.62. The van der Waals surface area contributed by atoms with Gasteiger partial charge < -0.3 is 19.9 Å². The number of aromatic amines is 1. The van der Waals surface area contributed by atoms with Gasteiger partial charge in [-0.3, -0.25) is 14.7 Å². The van der Waals surface area contributed by atoms with Gasteiger partial charge in [0.2, 0.25) is 5.82 Å². The summed E-state index contributed by atoms with van der Waals surface area (Å²) in [6.45, 7) is 0.636. The second-order valence-corrected chi connectivity index (χ2v) is 8.16. The number of hydrogen-bond acceptors (Lipinski definition) is 6. The van der Waals surface area contributed by atoms with Crippen molar-refractivity contribution in [1.29, 1.82) is 0 Å². The van der Waals surface area contributed by atoms with Crippen LogP contribution in [0.15, 0.2) is 48.5 Å². The number of carbonyl (C=O) groups excluding carboxylic acids is 2. The lowest BCUT2D eigenvalue weighted by molar-refractivity contribution is -0.120. The van der Waals surface area contributed by atoms with Gasteiger partial charge in [0.15, 0.2) is 0 Å². The fraction of sp³-hybridized carbons (Fsp3) is 0.304. The Morgan fingerprint density at radius 2 is 2.03 bits per heavy atom. The normalized spacial score (nSPS) is 18.2. The lowest BCUT2D eigenvalue weighted by Gasteiger charge is -2.37. The third kappa shape index (κ3) is 4.23. The van der Waals surface area contributed by atoms with Crippen molar-refractivity contribution in [2.24, 2.45) is 0 Å². The fourth-order valence-electron chi connectivity index (χ4n) is 3.91. The van der Waals surface area contributed by atoms with Gasteiger partial charge in [0.05, 0.1) is 18.8 Å². The number of hydrogen-bond donors (Lipinski definition) is 2. The number of amides is 2. The molecule has 0 radical (unpaired) electrons. The van der Waals surface area contributed by atoms with Crippen LogP contribution in [0.5, 0.6) is 5.75 Å². The maximum Gasteiger partial charge on any atom is 0.291 e. The van der Waals surface area contributed by atoms with E-state index in [0.29, 0.717) is 36.8 Å². The van der Waals surface area contributed by atoms with Crippen LogP contribution in [0.3, 0.4) is 0 Å². The van der Waals surface area contributed by atoms with Crippen LogP contribution in [0, 0.1) is 0 Å². The molecule has 1 atom stereocenters. The van der Waals surface area contributed by atoms with E-state index in [-0.39, 0.29) is 18.3 Å². The number of nitrogens with one attached hydrogen (secondary N) is 2. The van der Waals surface area contributed by atoms with Crippen molar-refractivity contribution in [3.8, 4) is 5.75 Å². The van der Waals surface area contributed by atoms with E-state index in [1.165, 1.54) is 4.90 Å². The minimum Gasteiger partial charge on any atom is -0.489 e. The second kappa shape index (κ2) is 8.53. The van der Waals surface area contributed by atoms with Crippen LogP contribution in [-0.4, -0.2) is 66.0 Å². The van der Waals surface area contributed by atoms with Crippen LogP contribution in [0.25, 0.3) is 0 Å². The standard InChI is InChI=1S/C23H23FN6O3/c1-29-18-10-16(30-11-15(24)12-30)7-8-19(18)33-13-17(23(29)32)25-22(31)21-26-20(27-28-21)9-14-5-3-2-4-6-14/h2-8,10,15,17H,9,11-13H2,1H3,(H,25,31)(H,26,27,28). The zero-order valence-electron chi connectivity index (χ0n) is 18.0. The number of ether oxygens (including phenoxy) is 1. The zero-order valence-corrected chi connectivity index (χ0v) is 18.0. The Bertz CT molecular complexity index is 1180. The molecule has 9 nitrogen and oxygen atoms in total. The Morgan fingerprint density at radius 1 is 1.24 bits per heavy atom. The van der Waals surface area contributed by atoms with Crippen molar-refractivity contribution >= 4 is 23.2 Å². The highest BCUT2D eigenvalue weighted by molar-refractivity contribution is 6.02. The lowest BCUT2D eigenvalue weighted by Crippen LogP contribution is -2.49. The van der Waals surface area contributed by atoms with Crippen molar-refractivity contribution in [1.82, 2.24) is 20.5 Å². The SMILES string of the molecule is CN1C(=O)C(NC(=O)c2n[nH]c(Cc3ccccc3)n2)COc2ccc(N3CC(F)C3)cc21. The first kappa shape index (κ1) is 20.9. The highest BCUT2D eigenvalue weighted by Crippen LogP contribution is 2.36. The van der Waals surface area contributed by atoms with Gasteiger partial charge in [-0.15, -0.1) is 5.10 Å². The average Bonchev–Trinajstić information content (AvgIpc) is 3.24. The highest BCUT2D eigenvalue weighted by Gasteiger charge is 2.33. The first-order valence-electron chi connectivity index (χ1n) is 10.7. The van der Waals surface area contributed by atoms with Crippen molar-refractivity contribution in [2.75, 3.05) is 36.5 Å². The largest absolute Gasteiger partial charge is 0.489 e. The molecule has 170 valence electrons. The summed E-state index contributed by atoms with van der Waals surface area (Å²) in [6, 6.07) is 14.2. The summed E-state index contributed by atoms with van der Waals surface area (Å²) >= 11 is 0. The number of anilines is 2. The Kier molecular flexibility index (Phi) is 5.41. The van der Waals surface area contributed by atoms with Gasteiger partial charge in [0.25, 0.3) is 11.8 Å². The Morgan fingerprint density at radius 3 is 2.79 bits per heavy atom. The van der Waals surface area contributed by atoms with E-state index in [0.717, 1.165) is 11.3 Å². The molecular formula is C23H23FN6O3. The highest BCUT2D eigenvalue weighted by atomic mass is 19.1. The summed E-state index contributed by atoms with van der Waals surface area (Å²) in [5, 5.41) is 9.43. The summed E-state index contributed by atoms with van der Waals surface area (Å²) in [5.74, 6) is 0.132. The van der Waals surface area contributed by atoms with Crippen molar-refractivity contribution in [3.63, 3.8) is 0 Å². The third-order valence-electron chi connectivity index (χ3n) is 5.79. The van der Waals surface area contributed by atoms with Gasteiger partial charge in [-0.05, 0) is 23.8 Å². The first-order chi connectivity index (χ1) is 16.0. The number of carbonyl (C=O) groups is 2. The molecule has 3 aromatic rings. The number of aromatic nitrogens is 3. The predicted octanol–water partition coefficient (Wildman–Crippen LogP) is 1.71. The molecular weight excluding hydrogens is 427 g/mol. The molecule has 1 aromatic heterocycles. The molecule has 3 heterocycles. The molecule has 1 fully saturated rings. The van der Waals surface area contributed by atoms with E-state index in [9.17, 15) is 14.0 Å². The zero-order chi connectivity index (χ0) is 22.9. The number of benzene rings is 2. The summed E-state index contributed by atoms with van der Waals surface area (Å²) in [6.07, 6.45) is -0.324. The minimum atomic E-state index is -0.909. The number of likely N-dealkylation sites (N-methyl/N-ethyl adjacent to an activating group) is 1. The number of fused-ring (bicyclic) bond motifs is 1. The molecule has 2 aliphatic rings. The summed E-state index contributed by atoms with van der Waals surface area (Å²) in [5.41, 5.74) is 2.42. The number of alkyl halides is 1. The molecule has 0 spiro atoms. The third-order valence-corrected chi connectivity index (χ3v) is 5.79. The molecule has 0 saturated carbocycles. The van der Waals surface area contributed by atoms with E-state index in [4.69, 9.17) is 4.74 Å². The molecule has 2 amide bonds. The van der Waals surface area contributed by atoms with Crippen molar-refractivity contribution in [3.05, 3.63) is 65.7 Å². The van der Waals surface area contributed by atoms with E-state index in [1.807, 2.05) is 41.3 Å². The quantitative estimate of drug-likeness (QED) is 0.614. The van der Waals surface area contributed by atoms with E-state index >= 15 is 0 Å². The average molecular weight is 450 g/mol. The molecule has 1 saturated heterocycles. The lowest BCUT2D eigenvalue weighted by atomic mass is 10.1. The van der Waals surface area contributed by atoms with Crippen LogP contribution in [0.1, 0.15) is 22.0 Å². The molecule has 10 heteroatoms.